The normalized spacial score (nSPS) is 10.5. The number of ether oxygens (including phenoxy) is 2. The molecule has 0 saturated carbocycles. The Morgan fingerprint density at radius 3 is 2.40 bits per heavy atom. The molecular formula is C27H23ClN2O4S. The Morgan fingerprint density at radius 2 is 1.63 bits per heavy atom. The van der Waals surface area contributed by atoms with Gasteiger partial charge in [0.1, 0.15) is 16.3 Å². The molecule has 1 amide bonds. The lowest BCUT2D eigenvalue weighted by molar-refractivity contribution is -0.114. The fourth-order valence-electron chi connectivity index (χ4n) is 3.40. The number of rotatable bonds is 9. The second-order valence-corrected chi connectivity index (χ2v) is 8.65. The van der Waals surface area contributed by atoms with Crippen LogP contribution in [0, 0.1) is 0 Å². The minimum Gasteiger partial charge on any atom is -0.462 e. The number of hydrogen-bond acceptors (Lipinski definition) is 6. The zero-order valence-corrected chi connectivity index (χ0v) is 20.5. The molecule has 4 aromatic rings. The maximum absolute atomic E-state index is 12.8. The zero-order valence-electron chi connectivity index (χ0n) is 18.9. The number of esters is 1. The van der Waals surface area contributed by atoms with Crippen LogP contribution in [0.15, 0.2) is 84.2 Å². The first-order chi connectivity index (χ1) is 17.1. The van der Waals surface area contributed by atoms with E-state index < -0.39 is 5.97 Å². The lowest BCUT2D eigenvalue weighted by Crippen LogP contribution is -2.22. The van der Waals surface area contributed by atoms with Gasteiger partial charge in [0, 0.05) is 21.5 Å². The number of thiophene rings is 1. The van der Waals surface area contributed by atoms with E-state index >= 15 is 0 Å². The van der Waals surface area contributed by atoms with Crippen molar-refractivity contribution in [3.05, 3.63) is 94.8 Å². The van der Waals surface area contributed by atoms with Crippen LogP contribution in [0.5, 0.6) is 11.5 Å². The van der Waals surface area contributed by atoms with E-state index in [0.29, 0.717) is 38.3 Å². The molecule has 178 valence electrons. The topological polar surface area (TPSA) is 76.7 Å². The third-order valence-corrected chi connectivity index (χ3v) is 6.21. The van der Waals surface area contributed by atoms with E-state index in [2.05, 4.69) is 10.6 Å². The quantitative estimate of drug-likeness (QED) is 0.237. The number of nitrogens with one attached hydrogen (secondary N) is 2. The van der Waals surface area contributed by atoms with Gasteiger partial charge in [0.2, 0.25) is 5.91 Å². The van der Waals surface area contributed by atoms with Crippen molar-refractivity contribution in [2.75, 3.05) is 23.8 Å². The van der Waals surface area contributed by atoms with Crippen LogP contribution in [0.25, 0.3) is 11.1 Å². The highest BCUT2D eigenvalue weighted by Gasteiger charge is 2.24. The maximum atomic E-state index is 12.8. The molecule has 2 N–H and O–H groups in total. The average Bonchev–Trinajstić information content (AvgIpc) is 3.28. The van der Waals surface area contributed by atoms with Crippen LogP contribution in [0.1, 0.15) is 17.3 Å². The molecule has 0 atom stereocenters. The number of carbonyl (C=O) groups is 2. The highest BCUT2D eigenvalue weighted by Crippen LogP contribution is 2.39. The minimum atomic E-state index is -0.520. The van der Waals surface area contributed by atoms with Crippen LogP contribution in [0.3, 0.4) is 0 Å². The first kappa shape index (κ1) is 24.3. The van der Waals surface area contributed by atoms with Gasteiger partial charge in [-0.25, -0.2) is 4.79 Å². The molecule has 6 nitrogen and oxygen atoms in total. The van der Waals surface area contributed by atoms with Crippen molar-refractivity contribution in [2.45, 2.75) is 6.92 Å². The first-order valence-corrected chi connectivity index (χ1v) is 12.2. The molecule has 8 heteroatoms. The highest BCUT2D eigenvalue weighted by molar-refractivity contribution is 7.15. The number of anilines is 2. The Labute approximate surface area is 212 Å². The van der Waals surface area contributed by atoms with Crippen LogP contribution in [0.2, 0.25) is 5.02 Å². The van der Waals surface area contributed by atoms with Crippen LogP contribution in [-0.2, 0) is 9.53 Å². The number of benzene rings is 3. The second-order valence-electron chi connectivity index (χ2n) is 7.37. The SMILES string of the molecule is CCOC(=O)c1c(-c2ccccc2Cl)csc1NC(=O)CNc1ccccc1Oc1ccccc1. The summed E-state index contributed by atoms with van der Waals surface area (Å²) in [6.45, 7) is 1.91. The molecule has 3 aromatic carbocycles. The van der Waals surface area contributed by atoms with Gasteiger partial charge < -0.3 is 20.1 Å². The molecule has 0 bridgehead atoms. The van der Waals surface area contributed by atoms with Crippen molar-refractivity contribution >= 4 is 45.5 Å². The average molecular weight is 507 g/mol. The molecule has 0 saturated heterocycles. The molecular weight excluding hydrogens is 484 g/mol. The Balaban J connectivity index is 1.50. The molecule has 0 aliphatic rings. The van der Waals surface area contributed by atoms with E-state index in [1.54, 1.807) is 18.4 Å². The lowest BCUT2D eigenvalue weighted by atomic mass is 10.0. The minimum absolute atomic E-state index is 0.0310. The van der Waals surface area contributed by atoms with Crippen molar-refractivity contribution in [2.24, 2.45) is 0 Å². The smallest absolute Gasteiger partial charge is 0.341 e. The molecule has 0 radical (unpaired) electrons. The summed E-state index contributed by atoms with van der Waals surface area (Å²) >= 11 is 7.61. The fourth-order valence-corrected chi connectivity index (χ4v) is 4.60. The summed E-state index contributed by atoms with van der Waals surface area (Å²) < 4.78 is 11.2. The first-order valence-electron chi connectivity index (χ1n) is 11.0. The molecule has 0 aliphatic heterocycles. The van der Waals surface area contributed by atoms with E-state index in [1.807, 2.05) is 72.8 Å². The molecule has 0 fully saturated rings. The molecule has 4 rings (SSSR count). The predicted molar refractivity (Wildman–Crippen MR) is 141 cm³/mol. The monoisotopic (exact) mass is 506 g/mol. The Kier molecular flexibility index (Phi) is 8.03. The summed E-state index contributed by atoms with van der Waals surface area (Å²) in [6.07, 6.45) is 0. The van der Waals surface area contributed by atoms with Gasteiger partial charge in [-0.2, -0.15) is 0 Å². The van der Waals surface area contributed by atoms with Gasteiger partial charge in [-0.15, -0.1) is 11.3 Å². The van der Waals surface area contributed by atoms with E-state index in [4.69, 9.17) is 21.1 Å². The van der Waals surface area contributed by atoms with E-state index in [0.717, 1.165) is 0 Å². The molecule has 0 unspecified atom stereocenters. The van der Waals surface area contributed by atoms with Gasteiger partial charge in [-0.1, -0.05) is 60.1 Å². The summed E-state index contributed by atoms with van der Waals surface area (Å²) in [7, 11) is 0. The van der Waals surface area contributed by atoms with Crippen molar-refractivity contribution in [1.29, 1.82) is 0 Å². The molecule has 1 aromatic heterocycles. The van der Waals surface area contributed by atoms with Crippen molar-refractivity contribution < 1.29 is 19.1 Å². The highest BCUT2D eigenvalue weighted by atomic mass is 35.5. The summed E-state index contributed by atoms with van der Waals surface area (Å²) in [4.78, 5) is 25.6. The lowest BCUT2D eigenvalue weighted by Gasteiger charge is -2.13. The summed E-state index contributed by atoms with van der Waals surface area (Å²) in [5.41, 5.74) is 2.26. The van der Waals surface area contributed by atoms with E-state index in [-0.39, 0.29) is 24.6 Å². The van der Waals surface area contributed by atoms with Gasteiger partial charge in [0.15, 0.2) is 5.75 Å². The van der Waals surface area contributed by atoms with Crippen LogP contribution >= 0.6 is 22.9 Å². The van der Waals surface area contributed by atoms with Crippen LogP contribution in [0.4, 0.5) is 10.7 Å². The maximum Gasteiger partial charge on any atom is 0.341 e. The Morgan fingerprint density at radius 1 is 0.914 bits per heavy atom. The molecule has 1 heterocycles. The van der Waals surface area contributed by atoms with Crippen LogP contribution in [-0.4, -0.2) is 25.0 Å². The summed E-state index contributed by atoms with van der Waals surface area (Å²) in [6, 6.07) is 24.0. The van der Waals surface area contributed by atoms with Crippen molar-refractivity contribution in [3.63, 3.8) is 0 Å². The number of carbonyl (C=O) groups excluding carboxylic acids is 2. The predicted octanol–water partition coefficient (Wildman–Crippen LogP) is 7.09. The van der Waals surface area contributed by atoms with E-state index in [1.165, 1.54) is 11.3 Å². The van der Waals surface area contributed by atoms with E-state index in [9.17, 15) is 9.59 Å². The summed E-state index contributed by atoms with van der Waals surface area (Å²) in [5.74, 6) is 0.443. The summed E-state index contributed by atoms with van der Waals surface area (Å²) in [5, 5.41) is 8.63. The largest absolute Gasteiger partial charge is 0.462 e. The van der Waals surface area contributed by atoms with Gasteiger partial charge >= 0.3 is 5.97 Å². The zero-order chi connectivity index (χ0) is 24.6. The Bertz CT molecular complexity index is 1320. The number of amides is 1. The Hall–Kier alpha value is -3.81. The van der Waals surface area contributed by atoms with Crippen molar-refractivity contribution in [1.82, 2.24) is 0 Å². The number of halogens is 1. The molecule has 0 spiro atoms. The molecule has 0 aliphatic carbocycles. The third-order valence-electron chi connectivity index (χ3n) is 4.99. The standard InChI is InChI=1S/C27H23ClN2O4S/c1-2-33-27(32)25-20(19-12-6-7-13-21(19)28)17-35-26(25)30-24(31)16-29-22-14-8-9-15-23(22)34-18-10-4-3-5-11-18/h3-15,17,29H,2,16H2,1H3,(H,30,31). The number of hydrogen-bond donors (Lipinski definition) is 2. The fraction of sp³-hybridized carbons (Fsp3) is 0.111. The van der Waals surface area contributed by atoms with Gasteiger partial charge in [-0.3, -0.25) is 4.79 Å². The van der Waals surface area contributed by atoms with Crippen LogP contribution < -0.4 is 15.4 Å². The number of para-hydroxylation sites is 3. The second kappa shape index (κ2) is 11.6. The van der Waals surface area contributed by atoms with Gasteiger partial charge in [0.05, 0.1) is 18.8 Å². The third kappa shape index (κ3) is 6.01. The van der Waals surface area contributed by atoms with Crippen molar-refractivity contribution in [3.8, 4) is 22.6 Å². The van der Waals surface area contributed by atoms with Gasteiger partial charge in [0.25, 0.3) is 0 Å². The molecule has 35 heavy (non-hydrogen) atoms. The van der Waals surface area contributed by atoms with Gasteiger partial charge in [-0.05, 0) is 37.3 Å².